The Morgan fingerprint density at radius 3 is 3.00 bits per heavy atom. The molecule has 1 heterocycles. The Bertz CT molecular complexity index is 238. The lowest BCUT2D eigenvalue weighted by Gasteiger charge is -2.23. The van der Waals surface area contributed by atoms with Crippen LogP contribution in [-0.2, 0) is 9.53 Å². The molecule has 3 heteroatoms. The summed E-state index contributed by atoms with van der Waals surface area (Å²) in [6, 6.07) is 0. The van der Waals surface area contributed by atoms with Gasteiger partial charge in [-0.15, -0.1) is 6.42 Å². The Morgan fingerprint density at radius 2 is 2.40 bits per heavy atom. The van der Waals surface area contributed by atoms with E-state index in [9.17, 15) is 4.79 Å². The van der Waals surface area contributed by atoms with Crippen LogP contribution in [0.15, 0.2) is 0 Å². The number of ether oxygens (including phenoxy) is 1. The molecule has 1 saturated heterocycles. The zero-order chi connectivity index (χ0) is 11.1. The molecule has 0 bridgehead atoms. The molecule has 0 aromatic rings. The van der Waals surface area contributed by atoms with Crippen LogP contribution < -0.4 is 0 Å². The second-order valence-electron chi connectivity index (χ2n) is 3.98. The first kappa shape index (κ1) is 12.1. The molecule has 1 rings (SSSR count). The molecule has 1 atom stereocenters. The Labute approximate surface area is 91.8 Å². The largest absolute Gasteiger partial charge is 0.378 e. The van der Waals surface area contributed by atoms with E-state index in [2.05, 4.69) is 5.92 Å². The number of hydrogen-bond acceptors (Lipinski definition) is 2. The van der Waals surface area contributed by atoms with Gasteiger partial charge in [-0.3, -0.25) is 4.79 Å². The van der Waals surface area contributed by atoms with Gasteiger partial charge in [-0.05, 0) is 25.7 Å². The summed E-state index contributed by atoms with van der Waals surface area (Å²) in [5.74, 6) is 2.57. The van der Waals surface area contributed by atoms with Crippen molar-refractivity contribution in [2.24, 2.45) is 0 Å². The van der Waals surface area contributed by atoms with E-state index in [-0.39, 0.29) is 12.0 Å². The Balaban J connectivity index is 2.18. The quantitative estimate of drug-likeness (QED) is 0.655. The van der Waals surface area contributed by atoms with E-state index >= 15 is 0 Å². The van der Waals surface area contributed by atoms with Crippen molar-refractivity contribution in [3.63, 3.8) is 0 Å². The van der Waals surface area contributed by atoms with Crippen molar-refractivity contribution in [2.45, 2.75) is 38.2 Å². The molecule has 0 radical (unpaired) electrons. The summed E-state index contributed by atoms with van der Waals surface area (Å²) in [5.41, 5.74) is 0. The van der Waals surface area contributed by atoms with Crippen LogP contribution in [0.3, 0.4) is 0 Å². The fourth-order valence-electron chi connectivity index (χ4n) is 1.74. The molecule has 0 aliphatic carbocycles. The molecule has 0 spiro atoms. The molecule has 3 nitrogen and oxygen atoms in total. The maximum atomic E-state index is 11.6. The first-order chi connectivity index (χ1) is 7.24. The van der Waals surface area contributed by atoms with Gasteiger partial charge in [0.1, 0.15) is 0 Å². The van der Waals surface area contributed by atoms with Gasteiger partial charge >= 0.3 is 0 Å². The number of amides is 1. The molecular formula is C12H19NO2. The monoisotopic (exact) mass is 209 g/mol. The SMILES string of the molecule is C#CCN(C)C(=O)CCC1CCCCO1. The van der Waals surface area contributed by atoms with Gasteiger partial charge in [-0.1, -0.05) is 5.92 Å². The molecule has 15 heavy (non-hydrogen) atoms. The first-order valence-electron chi connectivity index (χ1n) is 5.53. The third-order valence-electron chi connectivity index (χ3n) is 2.71. The van der Waals surface area contributed by atoms with Crippen LogP contribution in [0.25, 0.3) is 0 Å². The molecule has 1 amide bonds. The number of hydrogen-bond donors (Lipinski definition) is 0. The van der Waals surface area contributed by atoms with Crippen LogP contribution in [0, 0.1) is 12.3 Å². The minimum atomic E-state index is 0.113. The van der Waals surface area contributed by atoms with Crippen molar-refractivity contribution in [3.05, 3.63) is 0 Å². The van der Waals surface area contributed by atoms with E-state index in [1.165, 1.54) is 6.42 Å². The van der Waals surface area contributed by atoms with Gasteiger partial charge in [0.2, 0.25) is 5.91 Å². The van der Waals surface area contributed by atoms with Gasteiger partial charge in [0.05, 0.1) is 12.6 Å². The second kappa shape index (κ2) is 6.47. The average molecular weight is 209 g/mol. The van der Waals surface area contributed by atoms with E-state index < -0.39 is 0 Å². The minimum absolute atomic E-state index is 0.113. The number of rotatable bonds is 4. The highest BCUT2D eigenvalue weighted by molar-refractivity contribution is 5.76. The maximum Gasteiger partial charge on any atom is 0.223 e. The fourth-order valence-corrected chi connectivity index (χ4v) is 1.74. The van der Waals surface area contributed by atoms with Crippen LogP contribution in [-0.4, -0.2) is 37.1 Å². The van der Waals surface area contributed by atoms with Gasteiger partial charge in [-0.25, -0.2) is 0 Å². The van der Waals surface area contributed by atoms with Gasteiger partial charge < -0.3 is 9.64 Å². The van der Waals surface area contributed by atoms with Crippen LogP contribution >= 0.6 is 0 Å². The topological polar surface area (TPSA) is 29.5 Å². The highest BCUT2D eigenvalue weighted by Gasteiger charge is 2.16. The smallest absolute Gasteiger partial charge is 0.223 e. The summed E-state index contributed by atoms with van der Waals surface area (Å²) >= 11 is 0. The van der Waals surface area contributed by atoms with E-state index in [0.717, 1.165) is 25.9 Å². The predicted octanol–water partition coefficient (Wildman–Crippen LogP) is 1.43. The van der Waals surface area contributed by atoms with E-state index in [1.807, 2.05) is 0 Å². The zero-order valence-electron chi connectivity index (χ0n) is 9.37. The van der Waals surface area contributed by atoms with Crippen LogP contribution in [0.2, 0.25) is 0 Å². The van der Waals surface area contributed by atoms with Crippen molar-refractivity contribution in [1.82, 2.24) is 4.90 Å². The van der Waals surface area contributed by atoms with Gasteiger partial charge in [-0.2, -0.15) is 0 Å². The molecule has 84 valence electrons. The first-order valence-corrected chi connectivity index (χ1v) is 5.53. The molecule has 0 N–H and O–H groups in total. The predicted molar refractivity (Wildman–Crippen MR) is 59.3 cm³/mol. The molecule has 0 aromatic heterocycles. The summed E-state index contributed by atoms with van der Waals surface area (Å²) in [4.78, 5) is 13.1. The van der Waals surface area contributed by atoms with E-state index in [0.29, 0.717) is 13.0 Å². The van der Waals surface area contributed by atoms with Crippen molar-refractivity contribution in [1.29, 1.82) is 0 Å². The van der Waals surface area contributed by atoms with Gasteiger partial charge in [0.25, 0.3) is 0 Å². The molecule has 0 aromatic carbocycles. The Kier molecular flexibility index (Phi) is 5.20. The van der Waals surface area contributed by atoms with Crippen molar-refractivity contribution >= 4 is 5.91 Å². The molecule has 1 aliphatic heterocycles. The molecular weight excluding hydrogens is 190 g/mol. The Hall–Kier alpha value is -1.01. The van der Waals surface area contributed by atoms with E-state index in [1.54, 1.807) is 11.9 Å². The third kappa shape index (κ3) is 4.35. The fraction of sp³-hybridized carbons (Fsp3) is 0.750. The number of nitrogens with zero attached hydrogens (tertiary/aromatic N) is 1. The standard InChI is InChI=1S/C12H19NO2/c1-3-9-13(2)12(14)8-7-11-6-4-5-10-15-11/h1,11H,4-10H2,2H3. The summed E-state index contributed by atoms with van der Waals surface area (Å²) in [6.45, 7) is 1.24. The summed E-state index contributed by atoms with van der Waals surface area (Å²) in [7, 11) is 1.74. The highest BCUT2D eigenvalue weighted by atomic mass is 16.5. The molecule has 1 aliphatic rings. The van der Waals surface area contributed by atoms with Crippen LogP contribution in [0.5, 0.6) is 0 Å². The van der Waals surface area contributed by atoms with Crippen molar-refractivity contribution < 1.29 is 9.53 Å². The number of carbonyl (C=O) groups excluding carboxylic acids is 1. The Morgan fingerprint density at radius 1 is 1.60 bits per heavy atom. The van der Waals surface area contributed by atoms with Gasteiger partial charge in [0, 0.05) is 20.1 Å². The molecule has 0 saturated carbocycles. The normalized spacial score (nSPS) is 20.7. The summed E-state index contributed by atoms with van der Waals surface area (Å²) < 4.78 is 5.56. The summed E-state index contributed by atoms with van der Waals surface area (Å²) in [6.07, 6.45) is 10.3. The van der Waals surface area contributed by atoms with E-state index in [4.69, 9.17) is 11.2 Å². The number of terminal acetylenes is 1. The van der Waals surface area contributed by atoms with Crippen LogP contribution in [0.1, 0.15) is 32.1 Å². The third-order valence-corrected chi connectivity index (χ3v) is 2.71. The maximum absolute atomic E-state index is 11.6. The second-order valence-corrected chi connectivity index (χ2v) is 3.98. The zero-order valence-corrected chi connectivity index (χ0v) is 9.37. The average Bonchev–Trinajstić information content (AvgIpc) is 2.27. The van der Waals surface area contributed by atoms with Crippen molar-refractivity contribution in [2.75, 3.05) is 20.2 Å². The summed E-state index contributed by atoms with van der Waals surface area (Å²) in [5, 5.41) is 0. The van der Waals surface area contributed by atoms with Gasteiger partial charge in [0.15, 0.2) is 0 Å². The van der Waals surface area contributed by atoms with Crippen LogP contribution in [0.4, 0.5) is 0 Å². The molecule has 1 unspecified atom stereocenters. The van der Waals surface area contributed by atoms with Crippen molar-refractivity contribution in [3.8, 4) is 12.3 Å². The molecule has 1 fully saturated rings. The lowest BCUT2D eigenvalue weighted by Crippen LogP contribution is -2.28. The lowest BCUT2D eigenvalue weighted by molar-refractivity contribution is -0.130. The highest BCUT2D eigenvalue weighted by Crippen LogP contribution is 2.17. The minimum Gasteiger partial charge on any atom is -0.378 e. The number of carbonyl (C=O) groups is 1. The lowest BCUT2D eigenvalue weighted by atomic mass is 10.0.